The van der Waals surface area contributed by atoms with Crippen molar-refractivity contribution in [3.8, 4) is 0 Å². The Morgan fingerprint density at radius 2 is 2.27 bits per heavy atom. The number of benzene rings is 1. The highest BCUT2D eigenvalue weighted by Crippen LogP contribution is 2.23. The maximum atomic E-state index is 13.4. The van der Waals surface area contributed by atoms with Gasteiger partial charge in [-0.05, 0) is 37.5 Å². The van der Waals surface area contributed by atoms with Gasteiger partial charge in [-0.15, -0.1) is 6.58 Å². The van der Waals surface area contributed by atoms with Crippen molar-refractivity contribution < 1.29 is 4.39 Å². The van der Waals surface area contributed by atoms with Gasteiger partial charge in [0.2, 0.25) is 0 Å². The normalized spacial score (nSPS) is 12.5. The van der Waals surface area contributed by atoms with Gasteiger partial charge in [0.25, 0.3) is 0 Å². The summed E-state index contributed by atoms with van der Waals surface area (Å²) < 4.78 is 13.4. The maximum absolute atomic E-state index is 13.4. The summed E-state index contributed by atoms with van der Waals surface area (Å²) in [6.45, 7) is 3.63. The Morgan fingerprint density at radius 1 is 1.53 bits per heavy atom. The lowest BCUT2D eigenvalue weighted by Gasteiger charge is -2.12. The fourth-order valence-electron chi connectivity index (χ4n) is 1.44. The van der Waals surface area contributed by atoms with Crippen LogP contribution in [0.5, 0.6) is 0 Å². The Bertz CT molecular complexity index is 338. The zero-order chi connectivity index (χ0) is 11.3. The van der Waals surface area contributed by atoms with Crippen molar-refractivity contribution in [3.05, 3.63) is 47.3 Å². The second-order valence-electron chi connectivity index (χ2n) is 3.49. The largest absolute Gasteiger partial charge is 0.324 e. The Morgan fingerprint density at radius 3 is 2.93 bits per heavy atom. The number of rotatable bonds is 5. The lowest BCUT2D eigenvalue weighted by molar-refractivity contribution is 0.553. The summed E-state index contributed by atoms with van der Waals surface area (Å²) in [7, 11) is 0. The molecule has 0 aliphatic carbocycles. The molecule has 0 heterocycles. The first-order valence-electron chi connectivity index (χ1n) is 4.96. The monoisotopic (exact) mass is 227 g/mol. The number of allylic oxidation sites excluding steroid dienone is 1. The standard InChI is InChI=1S/C12H15ClFN/c1-2-3-4-5-12(15)10-8-9(13)6-7-11(10)14/h2,6-8,12H,1,3-5,15H2. The first-order chi connectivity index (χ1) is 7.15. The molecule has 0 spiro atoms. The van der Waals surface area contributed by atoms with E-state index >= 15 is 0 Å². The van der Waals surface area contributed by atoms with Gasteiger partial charge in [0, 0.05) is 16.6 Å². The van der Waals surface area contributed by atoms with Crippen LogP contribution in [0.1, 0.15) is 30.9 Å². The van der Waals surface area contributed by atoms with Gasteiger partial charge >= 0.3 is 0 Å². The third-order valence-electron chi connectivity index (χ3n) is 2.28. The van der Waals surface area contributed by atoms with Gasteiger partial charge in [-0.3, -0.25) is 0 Å². The molecule has 0 aromatic heterocycles. The second-order valence-corrected chi connectivity index (χ2v) is 3.93. The van der Waals surface area contributed by atoms with Crippen LogP contribution < -0.4 is 5.73 Å². The van der Waals surface area contributed by atoms with E-state index in [1.807, 2.05) is 6.08 Å². The van der Waals surface area contributed by atoms with Gasteiger partial charge < -0.3 is 5.73 Å². The highest BCUT2D eigenvalue weighted by molar-refractivity contribution is 6.30. The molecule has 1 aromatic carbocycles. The van der Waals surface area contributed by atoms with E-state index in [1.165, 1.54) is 12.1 Å². The molecule has 1 nitrogen and oxygen atoms in total. The molecule has 3 heteroatoms. The molecule has 82 valence electrons. The summed E-state index contributed by atoms with van der Waals surface area (Å²) in [6, 6.07) is 4.18. The molecule has 0 radical (unpaired) electrons. The van der Waals surface area contributed by atoms with E-state index in [9.17, 15) is 4.39 Å². The second kappa shape index (κ2) is 5.89. The van der Waals surface area contributed by atoms with Gasteiger partial charge in [0.05, 0.1) is 0 Å². The number of hydrogen-bond donors (Lipinski definition) is 1. The van der Waals surface area contributed by atoms with Crippen LogP contribution in [0.15, 0.2) is 30.9 Å². The van der Waals surface area contributed by atoms with Crippen LogP contribution in [0, 0.1) is 5.82 Å². The average Bonchev–Trinajstić information content (AvgIpc) is 2.22. The zero-order valence-corrected chi connectivity index (χ0v) is 9.30. The number of unbranched alkanes of at least 4 members (excludes halogenated alkanes) is 1. The molecule has 1 atom stereocenters. The molecular formula is C12H15ClFN. The fourth-order valence-corrected chi connectivity index (χ4v) is 1.62. The number of halogens is 2. The van der Waals surface area contributed by atoms with Crippen molar-refractivity contribution in [3.63, 3.8) is 0 Å². The zero-order valence-electron chi connectivity index (χ0n) is 8.55. The molecule has 0 bridgehead atoms. The highest BCUT2D eigenvalue weighted by Gasteiger charge is 2.11. The Balaban J connectivity index is 2.67. The van der Waals surface area contributed by atoms with Crippen LogP contribution in [0.3, 0.4) is 0 Å². The van der Waals surface area contributed by atoms with Gasteiger partial charge in [-0.2, -0.15) is 0 Å². The minimum atomic E-state index is -0.288. The van der Waals surface area contributed by atoms with Crippen LogP contribution in [0.25, 0.3) is 0 Å². The minimum absolute atomic E-state index is 0.287. The Hall–Kier alpha value is -0.860. The fraction of sp³-hybridized carbons (Fsp3) is 0.333. The van der Waals surface area contributed by atoms with Crippen molar-refractivity contribution in [1.29, 1.82) is 0 Å². The molecule has 2 N–H and O–H groups in total. The van der Waals surface area contributed by atoms with Crippen LogP contribution >= 0.6 is 11.6 Å². The van der Waals surface area contributed by atoms with E-state index in [2.05, 4.69) is 6.58 Å². The van der Waals surface area contributed by atoms with E-state index in [4.69, 9.17) is 17.3 Å². The summed E-state index contributed by atoms with van der Waals surface area (Å²) in [5.41, 5.74) is 6.36. The van der Waals surface area contributed by atoms with Crippen molar-refractivity contribution in [1.82, 2.24) is 0 Å². The molecule has 0 aliphatic heterocycles. The highest BCUT2D eigenvalue weighted by atomic mass is 35.5. The predicted octanol–water partition coefficient (Wildman–Crippen LogP) is 3.84. The van der Waals surface area contributed by atoms with Crippen molar-refractivity contribution in [2.45, 2.75) is 25.3 Å². The van der Waals surface area contributed by atoms with E-state index in [0.29, 0.717) is 10.6 Å². The maximum Gasteiger partial charge on any atom is 0.128 e. The summed E-state index contributed by atoms with van der Waals surface area (Å²) >= 11 is 5.78. The topological polar surface area (TPSA) is 26.0 Å². The molecule has 0 aliphatic rings. The molecular weight excluding hydrogens is 213 g/mol. The van der Waals surface area contributed by atoms with E-state index < -0.39 is 0 Å². The molecule has 0 amide bonds. The lowest BCUT2D eigenvalue weighted by atomic mass is 10.0. The van der Waals surface area contributed by atoms with E-state index in [-0.39, 0.29) is 11.9 Å². The molecule has 1 rings (SSSR count). The van der Waals surface area contributed by atoms with Gasteiger partial charge in [0.15, 0.2) is 0 Å². The van der Waals surface area contributed by atoms with Crippen molar-refractivity contribution in [2.75, 3.05) is 0 Å². The summed E-state index contributed by atoms with van der Waals surface area (Å²) in [4.78, 5) is 0. The summed E-state index contributed by atoms with van der Waals surface area (Å²) in [5, 5.41) is 0.519. The quantitative estimate of drug-likeness (QED) is 0.600. The third-order valence-corrected chi connectivity index (χ3v) is 2.52. The lowest BCUT2D eigenvalue weighted by Crippen LogP contribution is -2.11. The van der Waals surface area contributed by atoms with Crippen LogP contribution in [-0.2, 0) is 0 Å². The van der Waals surface area contributed by atoms with Gasteiger partial charge in [-0.1, -0.05) is 17.7 Å². The average molecular weight is 228 g/mol. The smallest absolute Gasteiger partial charge is 0.128 e. The van der Waals surface area contributed by atoms with E-state index in [0.717, 1.165) is 19.3 Å². The minimum Gasteiger partial charge on any atom is -0.324 e. The SMILES string of the molecule is C=CCCCC(N)c1cc(Cl)ccc1F. The van der Waals surface area contributed by atoms with Crippen LogP contribution in [0.4, 0.5) is 4.39 Å². The van der Waals surface area contributed by atoms with E-state index in [1.54, 1.807) is 6.07 Å². The molecule has 0 saturated heterocycles. The Labute approximate surface area is 94.7 Å². The van der Waals surface area contributed by atoms with Gasteiger partial charge in [0.1, 0.15) is 5.82 Å². The first kappa shape index (κ1) is 12.2. The number of hydrogen-bond acceptors (Lipinski definition) is 1. The van der Waals surface area contributed by atoms with Crippen LogP contribution in [-0.4, -0.2) is 0 Å². The predicted molar refractivity (Wildman–Crippen MR) is 62.4 cm³/mol. The van der Waals surface area contributed by atoms with Crippen molar-refractivity contribution in [2.24, 2.45) is 5.73 Å². The molecule has 15 heavy (non-hydrogen) atoms. The molecule has 0 saturated carbocycles. The molecule has 1 aromatic rings. The number of nitrogens with two attached hydrogens (primary N) is 1. The third kappa shape index (κ3) is 3.65. The summed E-state index contributed by atoms with van der Waals surface area (Å²) in [5.74, 6) is -0.287. The Kier molecular flexibility index (Phi) is 4.79. The van der Waals surface area contributed by atoms with Crippen LogP contribution in [0.2, 0.25) is 5.02 Å². The molecule has 1 unspecified atom stereocenters. The first-order valence-corrected chi connectivity index (χ1v) is 5.34. The molecule has 0 fully saturated rings. The van der Waals surface area contributed by atoms with Gasteiger partial charge in [-0.25, -0.2) is 4.39 Å². The van der Waals surface area contributed by atoms with Crippen molar-refractivity contribution >= 4 is 11.6 Å². The summed E-state index contributed by atoms with van der Waals surface area (Å²) in [6.07, 6.45) is 4.39.